The van der Waals surface area contributed by atoms with Crippen molar-refractivity contribution in [1.29, 1.82) is 0 Å². The molecule has 1 unspecified atom stereocenters. The Kier molecular flexibility index (Phi) is 4.10. The van der Waals surface area contributed by atoms with Crippen molar-refractivity contribution in [1.82, 2.24) is 15.1 Å². The van der Waals surface area contributed by atoms with Crippen LogP contribution < -0.4 is 5.32 Å². The first-order chi connectivity index (χ1) is 6.66. The molecule has 0 saturated heterocycles. The zero-order chi connectivity index (χ0) is 10.6. The number of aromatic nitrogens is 2. The number of aliphatic hydroxyl groups excluding tert-OH is 1. The second kappa shape index (κ2) is 5.12. The topological polar surface area (TPSA) is 50.1 Å². The van der Waals surface area contributed by atoms with E-state index >= 15 is 0 Å². The van der Waals surface area contributed by atoms with E-state index in [1.54, 1.807) is 0 Å². The molecule has 1 heterocycles. The predicted molar refractivity (Wildman–Crippen MR) is 56.1 cm³/mol. The van der Waals surface area contributed by atoms with Gasteiger partial charge < -0.3 is 10.4 Å². The molecule has 0 aliphatic heterocycles. The van der Waals surface area contributed by atoms with Crippen LogP contribution in [0.4, 0.5) is 0 Å². The molecule has 4 heteroatoms. The monoisotopic (exact) mass is 197 g/mol. The van der Waals surface area contributed by atoms with E-state index in [0.29, 0.717) is 6.04 Å². The summed E-state index contributed by atoms with van der Waals surface area (Å²) in [5.74, 6) is 0. The Morgan fingerprint density at radius 2 is 2.36 bits per heavy atom. The summed E-state index contributed by atoms with van der Waals surface area (Å²) in [4.78, 5) is 0. The van der Waals surface area contributed by atoms with Crippen molar-refractivity contribution >= 4 is 0 Å². The molecule has 0 amide bonds. The van der Waals surface area contributed by atoms with E-state index < -0.39 is 0 Å². The van der Waals surface area contributed by atoms with Crippen molar-refractivity contribution in [3.8, 4) is 0 Å². The van der Waals surface area contributed by atoms with Gasteiger partial charge in [-0.1, -0.05) is 0 Å². The highest BCUT2D eigenvalue weighted by Crippen LogP contribution is 2.15. The van der Waals surface area contributed by atoms with Gasteiger partial charge in [0.2, 0.25) is 0 Å². The Balaban J connectivity index is 2.52. The van der Waals surface area contributed by atoms with E-state index in [2.05, 4.69) is 24.3 Å². The number of rotatable bonds is 5. The number of nitrogens with one attached hydrogen (secondary N) is 1. The largest absolute Gasteiger partial charge is 0.396 e. The molecular weight excluding hydrogens is 178 g/mol. The molecule has 0 fully saturated rings. The second-order valence-corrected chi connectivity index (χ2v) is 3.56. The molecular formula is C10H19N3O. The molecule has 80 valence electrons. The van der Waals surface area contributed by atoms with E-state index in [4.69, 9.17) is 5.11 Å². The maximum Gasteiger partial charge on any atom is 0.0540 e. The lowest BCUT2D eigenvalue weighted by Gasteiger charge is -2.12. The van der Waals surface area contributed by atoms with Crippen molar-refractivity contribution in [3.63, 3.8) is 0 Å². The minimum Gasteiger partial charge on any atom is -0.396 e. The molecule has 0 saturated carbocycles. The fourth-order valence-corrected chi connectivity index (χ4v) is 1.45. The molecule has 0 aliphatic rings. The van der Waals surface area contributed by atoms with E-state index in [1.165, 1.54) is 11.3 Å². The van der Waals surface area contributed by atoms with Crippen LogP contribution in [-0.2, 0) is 7.05 Å². The smallest absolute Gasteiger partial charge is 0.0540 e. The van der Waals surface area contributed by atoms with Gasteiger partial charge in [0, 0.05) is 31.0 Å². The van der Waals surface area contributed by atoms with Crippen LogP contribution in [0.25, 0.3) is 0 Å². The normalized spacial score (nSPS) is 13.1. The summed E-state index contributed by atoms with van der Waals surface area (Å²) in [5, 5.41) is 16.2. The first-order valence-electron chi connectivity index (χ1n) is 4.99. The second-order valence-electron chi connectivity index (χ2n) is 3.56. The quantitative estimate of drug-likeness (QED) is 0.685. The summed E-state index contributed by atoms with van der Waals surface area (Å²) >= 11 is 0. The maximum absolute atomic E-state index is 8.65. The number of aliphatic hydroxyl groups is 1. The van der Waals surface area contributed by atoms with Gasteiger partial charge in [-0.2, -0.15) is 5.10 Å². The van der Waals surface area contributed by atoms with Gasteiger partial charge in [0.1, 0.15) is 0 Å². The summed E-state index contributed by atoms with van der Waals surface area (Å²) in [6, 6.07) is 0.301. The summed E-state index contributed by atoms with van der Waals surface area (Å²) in [6.07, 6.45) is 2.69. The van der Waals surface area contributed by atoms with Crippen LogP contribution in [-0.4, -0.2) is 28.0 Å². The highest BCUT2D eigenvalue weighted by molar-refractivity contribution is 5.19. The summed E-state index contributed by atoms with van der Waals surface area (Å²) in [6.45, 7) is 5.26. The lowest BCUT2D eigenvalue weighted by Crippen LogP contribution is -2.21. The number of nitrogens with zero attached hydrogens (tertiary/aromatic N) is 2. The third kappa shape index (κ3) is 2.56. The zero-order valence-corrected chi connectivity index (χ0v) is 9.12. The molecule has 1 aromatic rings. The van der Waals surface area contributed by atoms with E-state index in [0.717, 1.165) is 13.0 Å². The lowest BCUT2D eigenvalue weighted by atomic mass is 10.1. The third-order valence-electron chi connectivity index (χ3n) is 2.53. The Hall–Kier alpha value is -0.870. The molecule has 0 spiro atoms. The fourth-order valence-electron chi connectivity index (χ4n) is 1.45. The van der Waals surface area contributed by atoms with Gasteiger partial charge in [-0.05, 0) is 26.8 Å². The summed E-state index contributed by atoms with van der Waals surface area (Å²) in [5.41, 5.74) is 2.42. The average molecular weight is 197 g/mol. The van der Waals surface area contributed by atoms with Gasteiger partial charge in [-0.15, -0.1) is 0 Å². The van der Waals surface area contributed by atoms with Crippen LogP contribution in [0.2, 0.25) is 0 Å². The highest BCUT2D eigenvalue weighted by Gasteiger charge is 2.10. The van der Waals surface area contributed by atoms with Crippen LogP contribution in [0.3, 0.4) is 0 Å². The van der Waals surface area contributed by atoms with Gasteiger partial charge in [-0.3, -0.25) is 4.68 Å². The van der Waals surface area contributed by atoms with Crippen LogP contribution in [0, 0.1) is 6.92 Å². The standard InChI is InChI=1S/C10H19N3O/c1-8(11-5-4-6-14)10-7-12-13(3)9(10)2/h7-8,11,14H,4-6H2,1-3H3. The van der Waals surface area contributed by atoms with Gasteiger partial charge in [0.25, 0.3) is 0 Å². The molecule has 0 radical (unpaired) electrons. The highest BCUT2D eigenvalue weighted by atomic mass is 16.3. The minimum atomic E-state index is 0.242. The van der Waals surface area contributed by atoms with Crippen molar-refractivity contribution < 1.29 is 5.11 Å². The molecule has 1 rings (SSSR count). The van der Waals surface area contributed by atoms with E-state index in [9.17, 15) is 0 Å². The van der Waals surface area contributed by atoms with Gasteiger partial charge >= 0.3 is 0 Å². The van der Waals surface area contributed by atoms with Crippen molar-refractivity contribution in [2.45, 2.75) is 26.3 Å². The molecule has 0 aromatic carbocycles. The number of aryl methyl sites for hydroxylation is 1. The van der Waals surface area contributed by atoms with Crippen LogP contribution in [0.15, 0.2) is 6.20 Å². The van der Waals surface area contributed by atoms with Crippen molar-refractivity contribution in [3.05, 3.63) is 17.5 Å². The number of hydrogen-bond donors (Lipinski definition) is 2. The Morgan fingerprint density at radius 3 is 2.86 bits per heavy atom. The SMILES string of the molecule is Cc1c(C(C)NCCCO)cnn1C. The molecule has 1 aromatic heterocycles. The molecule has 0 aliphatic carbocycles. The third-order valence-corrected chi connectivity index (χ3v) is 2.53. The molecule has 1 atom stereocenters. The summed E-state index contributed by atoms with van der Waals surface area (Å²) < 4.78 is 1.87. The molecule has 0 bridgehead atoms. The van der Waals surface area contributed by atoms with Crippen LogP contribution >= 0.6 is 0 Å². The van der Waals surface area contributed by atoms with E-state index in [1.807, 2.05) is 17.9 Å². The van der Waals surface area contributed by atoms with Gasteiger partial charge in [0.05, 0.1) is 6.20 Å². The van der Waals surface area contributed by atoms with Gasteiger partial charge in [0.15, 0.2) is 0 Å². The number of hydrogen-bond acceptors (Lipinski definition) is 3. The lowest BCUT2D eigenvalue weighted by molar-refractivity contribution is 0.284. The van der Waals surface area contributed by atoms with Crippen molar-refractivity contribution in [2.24, 2.45) is 7.05 Å². The first kappa shape index (κ1) is 11.2. The van der Waals surface area contributed by atoms with Crippen LogP contribution in [0.5, 0.6) is 0 Å². The predicted octanol–water partition coefficient (Wildman–Crippen LogP) is 0.762. The molecule has 4 nitrogen and oxygen atoms in total. The van der Waals surface area contributed by atoms with Crippen LogP contribution in [0.1, 0.15) is 30.6 Å². The Morgan fingerprint density at radius 1 is 1.64 bits per heavy atom. The average Bonchev–Trinajstić information content (AvgIpc) is 2.48. The molecule has 2 N–H and O–H groups in total. The Bertz CT molecular complexity index is 283. The maximum atomic E-state index is 8.65. The minimum absolute atomic E-state index is 0.242. The Labute approximate surface area is 84.9 Å². The molecule has 14 heavy (non-hydrogen) atoms. The van der Waals surface area contributed by atoms with Gasteiger partial charge in [-0.25, -0.2) is 0 Å². The van der Waals surface area contributed by atoms with E-state index in [-0.39, 0.29) is 6.61 Å². The fraction of sp³-hybridized carbons (Fsp3) is 0.700. The zero-order valence-electron chi connectivity index (χ0n) is 9.12. The summed E-state index contributed by atoms with van der Waals surface area (Å²) in [7, 11) is 1.94. The first-order valence-corrected chi connectivity index (χ1v) is 4.99. The van der Waals surface area contributed by atoms with Crippen molar-refractivity contribution in [2.75, 3.05) is 13.2 Å².